The molecule has 1 unspecified atom stereocenters. The SMILES string of the molecule is CCCOc1cc(NC2CC=CCC2)ccc1[N+](=O)[O-]. The molecule has 0 bridgehead atoms. The first-order chi connectivity index (χ1) is 9.70. The quantitative estimate of drug-likeness (QED) is 0.486. The molecule has 1 aromatic carbocycles. The van der Waals surface area contributed by atoms with Crippen LogP contribution in [0.5, 0.6) is 5.75 Å². The number of benzene rings is 1. The summed E-state index contributed by atoms with van der Waals surface area (Å²) in [5, 5.41) is 14.4. The van der Waals surface area contributed by atoms with Crippen molar-refractivity contribution in [2.45, 2.75) is 38.6 Å². The van der Waals surface area contributed by atoms with Crippen LogP contribution >= 0.6 is 0 Å². The number of hydrogen-bond donors (Lipinski definition) is 1. The van der Waals surface area contributed by atoms with Crippen LogP contribution in [0.4, 0.5) is 11.4 Å². The van der Waals surface area contributed by atoms with Crippen molar-refractivity contribution in [2.24, 2.45) is 0 Å². The van der Waals surface area contributed by atoms with E-state index in [1.54, 1.807) is 12.1 Å². The van der Waals surface area contributed by atoms with Crippen molar-refractivity contribution >= 4 is 11.4 Å². The Bertz CT molecular complexity index is 500. The molecule has 20 heavy (non-hydrogen) atoms. The molecule has 0 spiro atoms. The Morgan fingerprint density at radius 3 is 2.95 bits per heavy atom. The summed E-state index contributed by atoms with van der Waals surface area (Å²) in [6, 6.07) is 5.37. The predicted octanol–water partition coefficient (Wildman–Crippen LogP) is 3.90. The van der Waals surface area contributed by atoms with Gasteiger partial charge in [-0.05, 0) is 31.7 Å². The fourth-order valence-electron chi connectivity index (χ4n) is 2.24. The highest BCUT2D eigenvalue weighted by molar-refractivity contribution is 5.58. The molecule has 2 rings (SSSR count). The molecule has 1 N–H and O–H groups in total. The summed E-state index contributed by atoms with van der Waals surface area (Å²) < 4.78 is 5.48. The minimum Gasteiger partial charge on any atom is -0.487 e. The third-order valence-electron chi connectivity index (χ3n) is 3.26. The van der Waals surface area contributed by atoms with Crippen molar-refractivity contribution in [1.82, 2.24) is 0 Å². The first kappa shape index (κ1) is 14.4. The zero-order valence-electron chi connectivity index (χ0n) is 11.7. The second-order valence-corrected chi connectivity index (χ2v) is 4.91. The predicted molar refractivity (Wildman–Crippen MR) is 79.3 cm³/mol. The summed E-state index contributed by atoms with van der Waals surface area (Å²) in [5.41, 5.74) is 0.898. The lowest BCUT2D eigenvalue weighted by atomic mass is 10.0. The van der Waals surface area contributed by atoms with Crippen LogP contribution in [0.25, 0.3) is 0 Å². The number of nitro benzene ring substituents is 1. The van der Waals surface area contributed by atoms with Gasteiger partial charge < -0.3 is 10.1 Å². The average Bonchev–Trinajstić information content (AvgIpc) is 2.46. The number of anilines is 1. The molecule has 0 saturated heterocycles. The van der Waals surface area contributed by atoms with Crippen LogP contribution in [-0.4, -0.2) is 17.6 Å². The summed E-state index contributed by atoms with van der Waals surface area (Å²) in [4.78, 5) is 10.6. The first-order valence-corrected chi connectivity index (χ1v) is 7.03. The van der Waals surface area contributed by atoms with Gasteiger partial charge in [0.05, 0.1) is 11.5 Å². The zero-order chi connectivity index (χ0) is 14.4. The van der Waals surface area contributed by atoms with Crippen LogP contribution < -0.4 is 10.1 Å². The molecule has 1 aromatic rings. The van der Waals surface area contributed by atoms with Gasteiger partial charge in [0.15, 0.2) is 5.75 Å². The van der Waals surface area contributed by atoms with Gasteiger partial charge in [-0.2, -0.15) is 0 Å². The smallest absolute Gasteiger partial charge is 0.311 e. The molecule has 0 heterocycles. The molecule has 108 valence electrons. The standard InChI is InChI=1S/C15H20N2O3/c1-2-10-20-15-11-13(8-9-14(15)17(18)19)16-12-6-4-3-5-7-12/h3-4,8-9,11-12,16H,2,5-7,10H2,1H3. The second kappa shape index (κ2) is 6.93. The van der Waals surface area contributed by atoms with Crippen molar-refractivity contribution in [2.75, 3.05) is 11.9 Å². The van der Waals surface area contributed by atoms with Crippen LogP contribution in [0.1, 0.15) is 32.6 Å². The van der Waals surface area contributed by atoms with Gasteiger partial charge in [-0.25, -0.2) is 0 Å². The van der Waals surface area contributed by atoms with E-state index in [1.165, 1.54) is 6.07 Å². The molecular formula is C15H20N2O3. The maximum absolute atomic E-state index is 11.0. The van der Waals surface area contributed by atoms with E-state index in [9.17, 15) is 10.1 Å². The highest BCUT2D eigenvalue weighted by Gasteiger charge is 2.17. The molecule has 0 amide bonds. The highest BCUT2D eigenvalue weighted by atomic mass is 16.6. The summed E-state index contributed by atoms with van der Waals surface area (Å²) >= 11 is 0. The third kappa shape index (κ3) is 3.73. The van der Waals surface area contributed by atoms with Gasteiger partial charge in [-0.3, -0.25) is 10.1 Å². The van der Waals surface area contributed by atoms with Crippen molar-refractivity contribution in [3.8, 4) is 5.75 Å². The average molecular weight is 276 g/mol. The lowest BCUT2D eigenvalue weighted by molar-refractivity contribution is -0.385. The normalized spacial score (nSPS) is 17.8. The number of hydrogen-bond acceptors (Lipinski definition) is 4. The molecule has 0 radical (unpaired) electrons. The molecule has 0 aromatic heterocycles. The number of ether oxygens (including phenoxy) is 1. The van der Waals surface area contributed by atoms with Crippen LogP contribution in [0.15, 0.2) is 30.4 Å². The van der Waals surface area contributed by atoms with Crippen LogP contribution in [0.2, 0.25) is 0 Å². The monoisotopic (exact) mass is 276 g/mol. The van der Waals surface area contributed by atoms with E-state index in [4.69, 9.17) is 4.74 Å². The Hall–Kier alpha value is -2.04. The Morgan fingerprint density at radius 1 is 1.45 bits per heavy atom. The number of nitrogens with one attached hydrogen (secondary N) is 1. The van der Waals surface area contributed by atoms with Gasteiger partial charge in [0.1, 0.15) is 0 Å². The maximum Gasteiger partial charge on any atom is 0.311 e. The Balaban J connectivity index is 2.13. The van der Waals surface area contributed by atoms with Gasteiger partial charge >= 0.3 is 5.69 Å². The van der Waals surface area contributed by atoms with E-state index in [2.05, 4.69) is 17.5 Å². The maximum atomic E-state index is 11.0. The largest absolute Gasteiger partial charge is 0.487 e. The number of nitro groups is 1. The van der Waals surface area contributed by atoms with Gasteiger partial charge in [0.2, 0.25) is 0 Å². The Morgan fingerprint density at radius 2 is 2.30 bits per heavy atom. The second-order valence-electron chi connectivity index (χ2n) is 4.91. The molecule has 1 aliphatic rings. The van der Waals surface area contributed by atoms with Crippen LogP contribution in [0.3, 0.4) is 0 Å². The van der Waals surface area contributed by atoms with E-state index in [-0.39, 0.29) is 5.69 Å². The summed E-state index contributed by atoms with van der Waals surface area (Å²) in [7, 11) is 0. The van der Waals surface area contributed by atoms with Crippen LogP contribution in [0, 0.1) is 10.1 Å². The molecule has 1 aliphatic carbocycles. The van der Waals surface area contributed by atoms with Gasteiger partial charge in [-0.15, -0.1) is 0 Å². The number of rotatable bonds is 6. The molecule has 0 aliphatic heterocycles. The molecule has 1 atom stereocenters. The van der Waals surface area contributed by atoms with Crippen molar-refractivity contribution < 1.29 is 9.66 Å². The van der Waals surface area contributed by atoms with E-state index in [0.29, 0.717) is 18.4 Å². The minimum atomic E-state index is -0.405. The fourth-order valence-corrected chi connectivity index (χ4v) is 2.24. The topological polar surface area (TPSA) is 64.4 Å². The van der Waals surface area contributed by atoms with E-state index >= 15 is 0 Å². The van der Waals surface area contributed by atoms with Crippen molar-refractivity contribution in [3.05, 3.63) is 40.5 Å². The third-order valence-corrected chi connectivity index (χ3v) is 3.26. The summed E-state index contributed by atoms with van der Waals surface area (Å²) in [6.07, 6.45) is 8.32. The molecule has 5 heteroatoms. The fraction of sp³-hybridized carbons (Fsp3) is 0.467. The van der Waals surface area contributed by atoms with Gasteiger partial charge in [-0.1, -0.05) is 19.1 Å². The van der Waals surface area contributed by atoms with Gasteiger partial charge in [0.25, 0.3) is 0 Å². The van der Waals surface area contributed by atoms with E-state index < -0.39 is 4.92 Å². The summed E-state index contributed by atoms with van der Waals surface area (Å²) in [6.45, 7) is 2.46. The lowest BCUT2D eigenvalue weighted by Gasteiger charge is -2.21. The first-order valence-electron chi connectivity index (χ1n) is 7.03. The lowest BCUT2D eigenvalue weighted by Crippen LogP contribution is -2.20. The van der Waals surface area contributed by atoms with E-state index in [1.807, 2.05) is 6.92 Å². The Labute approximate surface area is 118 Å². The number of nitrogens with zero attached hydrogens (tertiary/aromatic N) is 1. The summed E-state index contributed by atoms with van der Waals surface area (Å²) in [5.74, 6) is 0.341. The molecule has 0 fully saturated rings. The van der Waals surface area contributed by atoms with Crippen LogP contribution in [-0.2, 0) is 0 Å². The van der Waals surface area contributed by atoms with E-state index in [0.717, 1.165) is 31.4 Å². The van der Waals surface area contributed by atoms with Crippen molar-refractivity contribution in [3.63, 3.8) is 0 Å². The minimum absolute atomic E-state index is 0.0209. The zero-order valence-corrected chi connectivity index (χ0v) is 11.7. The highest BCUT2D eigenvalue weighted by Crippen LogP contribution is 2.31. The molecule has 5 nitrogen and oxygen atoms in total. The molecule has 0 saturated carbocycles. The van der Waals surface area contributed by atoms with Crippen molar-refractivity contribution in [1.29, 1.82) is 0 Å². The molecular weight excluding hydrogens is 256 g/mol. The Kier molecular flexibility index (Phi) is 4.98. The van der Waals surface area contributed by atoms with Gasteiger partial charge in [0, 0.05) is 23.9 Å². The number of allylic oxidation sites excluding steroid dienone is 1.